The van der Waals surface area contributed by atoms with Gasteiger partial charge in [-0.25, -0.2) is 0 Å². The number of alkyl halides is 1. The highest BCUT2D eigenvalue weighted by atomic mass is 79.9. The van der Waals surface area contributed by atoms with Gasteiger partial charge in [0, 0.05) is 5.33 Å². The van der Waals surface area contributed by atoms with Crippen LogP contribution >= 0.6 is 15.9 Å². The Labute approximate surface area is 107 Å². The van der Waals surface area contributed by atoms with Crippen molar-refractivity contribution >= 4 is 15.9 Å². The highest BCUT2D eigenvalue weighted by Crippen LogP contribution is 2.21. The zero-order valence-electron chi connectivity index (χ0n) is 10.4. The molecule has 0 aliphatic heterocycles. The third kappa shape index (κ3) is 4.17. The molecule has 1 aromatic rings. The van der Waals surface area contributed by atoms with Crippen LogP contribution in [0.4, 0.5) is 0 Å². The number of rotatable bonds is 6. The largest absolute Gasteiger partial charge is 0.493 e. The van der Waals surface area contributed by atoms with Gasteiger partial charge in [-0.05, 0) is 49.8 Å². The van der Waals surface area contributed by atoms with Gasteiger partial charge in [0.25, 0.3) is 0 Å². The molecule has 0 aliphatic rings. The lowest BCUT2D eigenvalue weighted by molar-refractivity contribution is 0.280. The first-order valence-corrected chi connectivity index (χ1v) is 7.02. The minimum atomic E-state index is 0.726. The summed E-state index contributed by atoms with van der Waals surface area (Å²) in [7, 11) is 0. The quantitative estimate of drug-likeness (QED) is 0.699. The molecule has 0 saturated carbocycles. The molecule has 0 fully saturated rings. The van der Waals surface area contributed by atoms with Crippen LogP contribution < -0.4 is 4.74 Å². The van der Waals surface area contributed by atoms with Gasteiger partial charge in [0.2, 0.25) is 0 Å². The van der Waals surface area contributed by atoms with Gasteiger partial charge in [0.1, 0.15) is 5.75 Å². The maximum atomic E-state index is 5.82. The van der Waals surface area contributed by atoms with Crippen LogP contribution in [0.5, 0.6) is 5.75 Å². The van der Waals surface area contributed by atoms with Gasteiger partial charge in [-0.15, -0.1) is 0 Å². The van der Waals surface area contributed by atoms with Gasteiger partial charge in [-0.2, -0.15) is 0 Å². The molecular formula is C14H21BrO. The summed E-state index contributed by atoms with van der Waals surface area (Å²) >= 11 is 3.47. The number of halogens is 1. The van der Waals surface area contributed by atoms with Crippen molar-refractivity contribution in [2.45, 2.75) is 33.6 Å². The fraction of sp³-hybridized carbons (Fsp3) is 0.571. The third-order valence-corrected chi connectivity index (χ3v) is 3.48. The summed E-state index contributed by atoms with van der Waals surface area (Å²) in [6.07, 6.45) is 2.34. The van der Waals surface area contributed by atoms with E-state index in [1.807, 2.05) is 0 Å². The predicted molar refractivity (Wildman–Crippen MR) is 73.6 cm³/mol. The van der Waals surface area contributed by atoms with E-state index in [1.165, 1.54) is 17.5 Å². The van der Waals surface area contributed by atoms with Gasteiger partial charge < -0.3 is 4.74 Å². The van der Waals surface area contributed by atoms with E-state index in [4.69, 9.17) is 4.74 Å². The molecule has 1 nitrogen and oxygen atoms in total. The van der Waals surface area contributed by atoms with E-state index < -0.39 is 0 Å². The molecule has 1 unspecified atom stereocenters. The van der Waals surface area contributed by atoms with Crippen molar-refractivity contribution in [2.75, 3.05) is 11.9 Å². The average Bonchev–Trinajstić information content (AvgIpc) is 2.25. The molecule has 2 heteroatoms. The normalized spacial score (nSPS) is 12.5. The molecule has 0 N–H and O–H groups in total. The third-order valence-electron chi connectivity index (χ3n) is 3.03. The predicted octanol–water partition coefficient (Wildman–Crippen LogP) is 4.49. The summed E-state index contributed by atoms with van der Waals surface area (Å²) in [4.78, 5) is 0. The topological polar surface area (TPSA) is 9.23 Å². The van der Waals surface area contributed by atoms with Crippen molar-refractivity contribution < 1.29 is 4.74 Å². The summed E-state index contributed by atoms with van der Waals surface area (Å²) < 4.78 is 5.82. The van der Waals surface area contributed by atoms with Crippen molar-refractivity contribution in [2.24, 2.45) is 5.92 Å². The van der Waals surface area contributed by atoms with E-state index in [0.29, 0.717) is 0 Å². The zero-order valence-corrected chi connectivity index (χ0v) is 12.0. The Morgan fingerprint density at radius 2 is 2.00 bits per heavy atom. The second-order valence-electron chi connectivity index (χ2n) is 4.42. The van der Waals surface area contributed by atoms with E-state index >= 15 is 0 Å². The minimum Gasteiger partial charge on any atom is -0.493 e. The Morgan fingerprint density at radius 1 is 1.25 bits per heavy atom. The SMILES string of the molecule is Cc1cccc(OCCC(C)CCBr)c1C. The van der Waals surface area contributed by atoms with Gasteiger partial charge in [0.15, 0.2) is 0 Å². The number of benzene rings is 1. The van der Waals surface area contributed by atoms with Crippen molar-refractivity contribution in [3.05, 3.63) is 29.3 Å². The molecule has 0 aliphatic carbocycles. The average molecular weight is 285 g/mol. The lowest BCUT2D eigenvalue weighted by atomic mass is 10.1. The zero-order chi connectivity index (χ0) is 12.0. The monoisotopic (exact) mass is 284 g/mol. The van der Waals surface area contributed by atoms with Crippen LogP contribution in [0.3, 0.4) is 0 Å². The second kappa shape index (κ2) is 6.95. The first-order chi connectivity index (χ1) is 7.65. The Morgan fingerprint density at radius 3 is 2.69 bits per heavy atom. The number of aryl methyl sites for hydroxylation is 1. The molecule has 0 amide bonds. The van der Waals surface area contributed by atoms with E-state index in [1.54, 1.807) is 0 Å². The molecule has 1 atom stereocenters. The maximum Gasteiger partial charge on any atom is 0.122 e. The van der Waals surface area contributed by atoms with Gasteiger partial charge >= 0.3 is 0 Å². The van der Waals surface area contributed by atoms with E-state index in [2.05, 4.69) is 54.9 Å². The summed E-state index contributed by atoms with van der Waals surface area (Å²) in [5, 5.41) is 1.08. The smallest absolute Gasteiger partial charge is 0.122 e. The first kappa shape index (κ1) is 13.6. The molecule has 0 heterocycles. The first-order valence-electron chi connectivity index (χ1n) is 5.90. The summed E-state index contributed by atoms with van der Waals surface area (Å²) in [5.41, 5.74) is 2.56. The molecule has 0 saturated heterocycles. The van der Waals surface area contributed by atoms with E-state index in [9.17, 15) is 0 Å². The van der Waals surface area contributed by atoms with E-state index in [-0.39, 0.29) is 0 Å². The van der Waals surface area contributed by atoms with Crippen LogP contribution in [0.15, 0.2) is 18.2 Å². The fourth-order valence-corrected chi connectivity index (χ4v) is 2.36. The lowest BCUT2D eigenvalue weighted by Crippen LogP contribution is -2.05. The standard InChI is InChI=1S/C14H21BrO/c1-11(7-9-15)8-10-16-14-6-4-5-12(2)13(14)3/h4-6,11H,7-10H2,1-3H3. The molecule has 0 spiro atoms. The Bertz CT molecular complexity index is 323. The summed E-state index contributed by atoms with van der Waals surface area (Å²) in [5.74, 6) is 1.76. The number of hydrogen-bond donors (Lipinski definition) is 0. The van der Waals surface area contributed by atoms with Crippen LogP contribution in [0.25, 0.3) is 0 Å². The van der Waals surface area contributed by atoms with Gasteiger partial charge in [0.05, 0.1) is 6.61 Å². The Hall–Kier alpha value is -0.500. The van der Waals surface area contributed by atoms with Crippen LogP contribution in [0.2, 0.25) is 0 Å². The summed E-state index contributed by atoms with van der Waals surface area (Å²) in [6, 6.07) is 6.23. The van der Waals surface area contributed by atoms with Gasteiger partial charge in [-0.3, -0.25) is 0 Å². The van der Waals surface area contributed by atoms with Crippen molar-refractivity contribution in [1.29, 1.82) is 0 Å². The second-order valence-corrected chi connectivity index (χ2v) is 5.21. The van der Waals surface area contributed by atoms with Crippen molar-refractivity contribution in [3.63, 3.8) is 0 Å². The minimum absolute atomic E-state index is 0.726. The maximum absolute atomic E-state index is 5.82. The molecule has 1 rings (SSSR count). The van der Waals surface area contributed by atoms with Crippen LogP contribution in [-0.4, -0.2) is 11.9 Å². The molecule has 0 bridgehead atoms. The van der Waals surface area contributed by atoms with Gasteiger partial charge in [-0.1, -0.05) is 35.0 Å². The number of ether oxygens (including phenoxy) is 1. The number of hydrogen-bond acceptors (Lipinski definition) is 1. The molecule has 90 valence electrons. The van der Waals surface area contributed by atoms with Crippen molar-refractivity contribution in [1.82, 2.24) is 0 Å². The molecule has 0 radical (unpaired) electrons. The lowest BCUT2D eigenvalue weighted by Gasteiger charge is -2.13. The Balaban J connectivity index is 2.40. The highest BCUT2D eigenvalue weighted by Gasteiger charge is 2.04. The molecule has 1 aromatic carbocycles. The summed E-state index contributed by atoms with van der Waals surface area (Å²) in [6.45, 7) is 7.33. The molecular weight excluding hydrogens is 264 g/mol. The van der Waals surface area contributed by atoms with Crippen molar-refractivity contribution in [3.8, 4) is 5.75 Å². The molecule has 0 aromatic heterocycles. The Kier molecular flexibility index (Phi) is 5.89. The van der Waals surface area contributed by atoms with E-state index in [0.717, 1.165) is 30.0 Å². The van der Waals surface area contributed by atoms with Crippen LogP contribution in [0.1, 0.15) is 30.9 Å². The fourth-order valence-electron chi connectivity index (χ4n) is 1.58. The highest BCUT2D eigenvalue weighted by molar-refractivity contribution is 9.09. The molecule has 16 heavy (non-hydrogen) atoms. The van der Waals surface area contributed by atoms with Crippen LogP contribution in [-0.2, 0) is 0 Å². The van der Waals surface area contributed by atoms with Crippen LogP contribution in [0, 0.1) is 19.8 Å².